The second-order valence-electron chi connectivity index (χ2n) is 5.30. The highest BCUT2D eigenvalue weighted by Gasteiger charge is 2.05. The molecule has 2 aromatic carbocycles. The van der Waals surface area contributed by atoms with E-state index in [9.17, 15) is 9.59 Å². The summed E-state index contributed by atoms with van der Waals surface area (Å²) in [6.45, 7) is 1.93. The number of hydrogen-bond donors (Lipinski definition) is 2. The van der Waals surface area contributed by atoms with E-state index in [1.54, 1.807) is 30.3 Å². The normalized spacial score (nSPS) is 11.1. The van der Waals surface area contributed by atoms with E-state index in [1.807, 2.05) is 25.1 Å². The number of aromatic nitrogens is 1. The maximum absolute atomic E-state index is 12.1. The topological polar surface area (TPSA) is 74.3 Å². The molecule has 0 unspecified atom stereocenters. The Morgan fingerprint density at radius 3 is 2.71 bits per heavy atom. The molecule has 0 radical (unpaired) electrons. The lowest BCUT2D eigenvalue weighted by Gasteiger charge is -2.03. The van der Waals surface area contributed by atoms with Crippen LogP contribution in [0.2, 0.25) is 0 Å². The summed E-state index contributed by atoms with van der Waals surface area (Å²) in [5.41, 5.74) is 4.83. The van der Waals surface area contributed by atoms with Crippen LogP contribution in [0.15, 0.2) is 62.9 Å². The number of hydrogen-bond acceptors (Lipinski definition) is 3. The molecule has 0 saturated carbocycles. The van der Waals surface area contributed by atoms with Gasteiger partial charge in [-0.2, -0.15) is 5.10 Å². The predicted molar refractivity (Wildman–Crippen MR) is 98.5 cm³/mol. The van der Waals surface area contributed by atoms with Crippen molar-refractivity contribution in [2.75, 3.05) is 0 Å². The van der Waals surface area contributed by atoms with Crippen LogP contribution in [0.1, 0.15) is 21.5 Å². The van der Waals surface area contributed by atoms with Gasteiger partial charge in [0.05, 0.1) is 17.3 Å². The van der Waals surface area contributed by atoms with Crippen LogP contribution in [0.3, 0.4) is 0 Å². The summed E-state index contributed by atoms with van der Waals surface area (Å²) in [6, 6.07) is 14.4. The fraction of sp³-hybridized carbons (Fsp3) is 0.0556. The molecule has 1 amide bonds. The van der Waals surface area contributed by atoms with Crippen molar-refractivity contribution in [3.63, 3.8) is 0 Å². The Labute approximate surface area is 146 Å². The Hall–Kier alpha value is -2.73. The molecular formula is C18H14BrN3O2. The lowest BCUT2D eigenvalue weighted by atomic mass is 10.1. The standard InChI is InChI=1S/C18H14BrN3O2/c1-11-3-2-4-13-9-14(17(23)21-16(11)13)10-20-22-18(24)12-5-7-15(19)8-6-12/h2-10H,1H3,(H,21,23)(H,22,24). The maximum atomic E-state index is 12.1. The maximum Gasteiger partial charge on any atom is 0.271 e. The van der Waals surface area contributed by atoms with Gasteiger partial charge in [-0.1, -0.05) is 34.1 Å². The van der Waals surface area contributed by atoms with Crippen molar-refractivity contribution in [1.82, 2.24) is 10.4 Å². The van der Waals surface area contributed by atoms with E-state index in [0.29, 0.717) is 11.1 Å². The molecule has 6 heteroatoms. The zero-order valence-electron chi connectivity index (χ0n) is 12.8. The number of amides is 1. The summed E-state index contributed by atoms with van der Waals surface area (Å²) >= 11 is 3.31. The van der Waals surface area contributed by atoms with Gasteiger partial charge in [-0.15, -0.1) is 0 Å². The molecule has 0 saturated heterocycles. The largest absolute Gasteiger partial charge is 0.321 e. The number of H-pyrrole nitrogens is 1. The van der Waals surface area contributed by atoms with Crippen molar-refractivity contribution >= 4 is 39.0 Å². The number of benzene rings is 2. The van der Waals surface area contributed by atoms with Gasteiger partial charge in [0, 0.05) is 10.0 Å². The van der Waals surface area contributed by atoms with Crippen molar-refractivity contribution in [2.45, 2.75) is 6.92 Å². The predicted octanol–water partition coefficient (Wildman–Crippen LogP) is 3.36. The SMILES string of the molecule is Cc1cccc2cc(C=NNC(=O)c3ccc(Br)cc3)c(=O)[nH]c12. The summed E-state index contributed by atoms with van der Waals surface area (Å²) in [5, 5.41) is 4.79. The minimum atomic E-state index is -0.341. The summed E-state index contributed by atoms with van der Waals surface area (Å²) in [5.74, 6) is -0.341. The Kier molecular flexibility index (Phi) is 4.57. The molecule has 3 aromatic rings. The summed E-state index contributed by atoms with van der Waals surface area (Å²) < 4.78 is 0.889. The minimum Gasteiger partial charge on any atom is -0.321 e. The third kappa shape index (κ3) is 3.44. The van der Waals surface area contributed by atoms with Crippen molar-refractivity contribution in [1.29, 1.82) is 0 Å². The van der Waals surface area contributed by atoms with Gasteiger partial charge in [0.15, 0.2) is 0 Å². The average molecular weight is 384 g/mol. The Balaban J connectivity index is 1.80. The highest BCUT2D eigenvalue weighted by Crippen LogP contribution is 2.14. The highest BCUT2D eigenvalue weighted by atomic mass is 79.9. The number of nitrogens with one attached hydrogen (secondary N) is 2. The fourth-order valence-electron chi connectivity index (χ4n) is 2.32. The quantitative estimate of drug-likeness (QED) is 0.537. The van der Waals surface area contributed by atoms with E-state index in [4.69, 9.17) is 0 Å². The van der Waals surface area contributed by atoms with Crippen LogP contribution in [0.25, 0.3) is 10.9 Å². The second kappa shape index (κ2) is 6.80. The smallest absolute Gasteiger partial charge is 0.271 e. The summed E-state index contributed by atoms with van der Waals surface area (Å²) in [6.07, 6.45) is 1.34. The minimum absolute atomic E-state index is 0.251. The molecule has 2 N–H and O–H groups in total. The number of aromatic amines is 1. The number of rotatable bonds is 3. The third-order valence-electron chi connectivity index (χ3n) is 3.59. The number of carbonyl (C=O) groups is 1. The molecule has 0 aliphatic rings. The highest BCUT2D eigenvalue weighted by molar-refractivity contribution is 9.10. The lowest BCUT2D eigenvalue weighted by Crippen LogP contribution is -2.19. The van der Waals surface area contributed by atoms with Gasteiger partial charge in [-0.3, -0.25) is 9.59 Å². The third-order valence-corrected chi connectivity index (χ3v) is 4.12. The number of hydrazone groups is 1. The molecule has 24 heavy (non-hydrogen) atoms. The van der Waals surface area contributed by atoms with Crippen molar-refractivity contribution in [3.05, 3.63) is 80.0 Å². The van der Waals surface area contributed by atoms with E-state index in [0.717, 1.165) is 20.9 Å². The van der Waals surface area contributed by atoms with E-state index in [2.05, 4.69) is 31.4 Å². The van der Waals surface area contributed by atoms with Crippen LogP contribution in [0.4, 0.5) is 0 Å². The molecule has 0 aliphatic heterocycles. The van der Waals surface area contributed by atoms with E-state index < -0.39 is 0 Å². The number of carbonyl (C=O) groups excluding carboxylic acids is 1. The number of nitrogens with zero attached hydrogens (tertiary/aromatic N) is 1. The van der Waals surface area contributed by atoms with Crippen LogP contribution in [-0.2, 0) is 0 Å². The first-order valence-corrected chi connectivity index (χ1v) is 8.05. The summed E-state index contributed by atoms with van der Waals surface area (Å²) in [4.78, 5) is 26.9. The van der Waals surface area contributed by atoms with E-state index >= 15 is 0 Å². The Morgan fingerprint density at radius 2 is 1.96 bits per heavy atom. The number of para-hydroxylation sites is 1. The van der Waals surface area contributed by atoms with Crippen LogP contribution >= 0.6 is 15.9 Å². The monoisotopic (exact) mass is 383 g/mol. The molecule has 1 heterocycles. The first-order valence-electron chi connectivity index (χ1n) is 7.26. The van der Waals surface area contributed by atoms with Gasteiger partial charge in [-0.25, -0.2) is 5.43 Å². The van der Waals surface area contributed by atoms with Crippen LogP contribution in [0.5, 0.6) is 0 Å². The van der Waals surface area contributed by atoms with Gasteiger partial charge in [-0.05, 0) is 48.2 Å². The molecule has 0 aliphatic carbocycles. The molecule has 120 valence electrons. The van der Waals surface area contributed by atoms with Gasteiger partial charge in [0.25, 0.3) is 11.5 Å². The Morgan fingerprint density at radius 1 is 1.21 bits per heavy atom. The van der Waals surface area contributed by atoms with Crippen LogP contribution in [-0.4, -0.2) is 17.1 Å². The molecule has 0 fully saturated rings. The zero-order chi connectivity index (χ0) is 17.1. The van der Waals surface area contributed by atoms with Gasteiger partial charge in [0.1, 0.15) is 0 Å². The molecule has 3 rings (SSSR count). The molecule has 0 spiro atoms. The average Bonchev–Trinajstić information content (AvgIpc) is 2.57. The number of aryl methyl sites for hydroxylation is 1. The van der Waals surface area contributed by atoms with Crippen LogP contribution in [0, 0.1) is 6.92 Å². The van der Waals surface area contributed by atoms with E-state index in [1.165, 1.54) is 6.21 Å². The van der Waals surface area contributed by atoms with Crippen molar-refractivity contribution in [3.8, 4) is 0 Å². The van der Waals surface area contributed by atoms with Crippen LogP contribution < -0.4 is 11.0 Å². The van der Waals surface area contributed by atoms with E-state index in [-0.39, 0.29) is 11.5 Å². The fourth-order valence-corrected chi connectivity index (χ4v) is 2.59. The number of pyridine rings is 1. The van der Waals surface area contributed by atoms with Gasteiger partial charge in [0.2, 0.25) is 0 Å². The number of halogens is 1. The summed E-state index contributed by atoms with van der Waals surface area (Å²) in [7, 11) is 0. The molecule has 1 aromatic heterocycles. The molecular weight excluding hydrogens is 370 g/mol. The number of fused-ring (bicyclic) bond motifs is 1. The molecule has 5 nitrogen and oxygen atoms in total. The van der Waals surface area contributed by atoms with Gasteiger partial charge >= 0.3 is 0 Å². The Bertz CT molecular complexity index is 991. The first-order chi connectivity index (χ1) is 11.5. The lowest BCUT2D eigenvalue weighted by molar-refractivity contribution is 0.0955. The van der Waals surface area contributed by atoms with Crippen molar-refractivity contribution < 1.29 is 4.79 Å². The van der Waals surface area contributed by atoms with Gasteiger partial charge < -0.3 is 4.98 Å². The zero-order valence-corrected chi connectivity index (χ0v) is 14.4. The molecule has 0 atom stereocenters. The second-order valence-corrected chi connectivity index (χ2v) is 6.21. The first kappa shape index (κ1) is 16.1. The van der Waals surface area contributed by atoms with Crippen molar-refractivity contribution in [2.24, 2.45) is 5.10 Å². The molecule has 0 bridgehead atoms.